The number of halogens is 1. The number of carbonyl (C=O) groups is 1. The molecule has 0 aliphatic carbocycles. The topological polar surface area (TPSA) is 108 Å². The zero-order valence-electron chi connectivity index (χ0n) is 14.7. The van der Waals surface area contributed by atoms with Crippen LogP contribution >= 0.6 is 11.6 Å². The molecular formula is C19H17ClN4O3. The summed E-state index contributed by atoms with van der Waals surface area (Å²) in [5.74, 6) is -0.405. The van der Waals surface area contributed by atoms with Gasteiger partial charge in [-0.05, 0) is 23.6 Å². The molecule has 0 atom stereocenters. The van der Waals surface area contributed by atoms with Crippen molar-refractivity contribution < 1.29 is 9.72 Å². The van der Waals surface area contributed by atoms with Crippen LogP contribution in [0.1, 0.15) is 25.3 Å². The van der Waals surface area contributed by atoms with E-state index in [2.05, 4.69) is 10.6 Å². The predicted octanol–water partition coefficient (Wildman–Crippen LogP) is 4.83. The molecule has 27 heavy (non-hydrogen) atoms. The summed E-state index contributed by atoms with van der Waals surface area (Å²) in [6.07, 6.45) is 1.16. The van der Waals surface area contributed by atoms with E-state index in [1.807, 2.05) is 32.0 Å². The second-order valence-corrected chi connectivity index (χ2v) is 6.34. The SMILES string of the molecule is CC(C)c1ccccc1NC(=O)/C(C#N)=C\Nc1cc([N+](=O)[O-])ccc1Cl. The van der Waals surface area contributed by atoms with Gasteiger partial charge in [0.25, 0.3) is 11.6 Å². The van der Waals surface area contributed by atoms with Crippen molar-refractivity contribution in [2.24, 2.45) is 0 Å². The monoisotopic (exact) mass is 384 g/mol. The summed E-state index contributed by atoms with van der Waals surface area (Å²) in [6, 6.07) is 13.0. The highest BCUT2D eigenvalue weighted by Gasteiger charge is 2.14. The minimum Gasteiger partial charge on any atom is -0.359 e. The molecular weight excluding hydrogens is 368 g/mol. The fourth-order valence-corrected chi connectivity index (χ4v) is 2.51. The van der Waals surface area contributed by atoms with E-state index in [1.54, 1.807) is 12.1 Å². The Labute approximate surface area is 161 Å². The molecule has 0 aromatic heterocycles. The number of nitrogens with one attached hydrogen (secondary N) is 2. The first kappa shape index (κ1) is 19.9. The molecule has 0 aliphatic heterocycles. The number of nitro groups is 1. The average Bonchev–Trinajstić information content (AvgIpc) is 2.63. The van der Waals surface area contributed by atoms with Gasteiger partial charge in [-0.2, -0.15) is 5.26 Å². The van der Waals surface area contributed by atoms with Gasteiger partial charge in [0.05, 0.1) is 15.6 Å². The van der Waals surface area contributed by atoms with E-state index in [-0.39, 0.29) is 27.9 Å². The maximum Gasteiger partial charge on any atom is 0.271 e. The highest BCUT2D eigenvalue weighted by atomic mass is 35.5. The summed E-state index contributed by atoms with van der Waals surface area (Å²) < 4.78 is 0. The summed E-state index contributed by atoms with van der Waals surface area (Å²) in [6.45, 7) is 4.00. The van der Waals surface area contributed by atoms with Gasteiger partial charge in [-0.1, -0.05) is 43.6 Å². The van der Waals surface area contributed by atoms with Crippen LogP contribution in [-0.2, 0) is 4.79 Å². The van der Waals surface area contributed by atoms with E-state index >= 15 is 0 Å². The van der Waals surface area contributed by atoms with Crippen LogP contribution in [0.2, 0.25) is 5.02 Å². The van der Waals surface area contributed by atoms with E-state index in [0.717, 1.165) is 11.8 Å². The molecule has 2 rings (SSSR count). The fraction of sp³-hybridized carbons (Fsp3) is 0.158. The van der Waals surface area contributed by atoms with Gasteiger partial charge >= 0.3 is 0 Å². The lowest BCUT2D eigenvalue weighted by molar-refractivity contribution is -0.384. The number of carbonyl (C=O) groups excluding carboxylic acids is 1. The molecule has 2 aromatic carbocycles. The molecule has 2 N–H and O–H groups in total. The lowest BCUT2D eigenvalue weighted by Crippen LogP contribution is -2.16. The van der Waals surface area contributed by atoms with Crippen LogP contribution in [0.25, 0.3) is 0 Å². The number of para-hydroxylation sites is 1. The molecule has 0 aliphatic rings. The quantitative estimate of drug-likeness (QED) is 0.321. The Morgan fingerprint density at radius 1 is 1.26 bits per heavy atom. The van der Waals surface area contributed by atoms with Gasteiger partial charge in [0.15, 0.2) is 0 Å². The minimum absolute atomic E-state index is 0.163. The Morgan fingerprint density at radius 3 is 2.59 bits per heavy atom. The van der Waals surface area contributed by atoms with Gasteiger partial charge < -0.3 is 10.6 Å². The third-order valence-electron chi connectivity index (χ3n) is 3.73. The first-order chi connectivity index (χ1) is 12.8. The number of nitro benzene ring substituents is 1. The lowest BCUT2D eigenvalue weighted by atomic mass is 10.0. The third-order valence-corrected chi connectivity index (χ3v) is 4.06. The zero-order chi connectivity index (χ0) is 20.0. The van der Waals surface area contributed by atoms with Crippen LogP contribution in [-0.4, -0.2) is 10.8 Å². The van der Waals surface area contributed by atoms with Crippen molar-refractivity contribution in [3.05, 3.63) is 74.9 Å². The molecule has 1 amide bonds. The van der Waals surface area contributed by atoms with Crippen molar-refractivity contribution in [1.82, 2.24) is 0 Å². The summed E-state index contributed by atoms with van der Waals surface area (Å²) in [5.41, 5.74) is 1.42. The molecule has 7 nitrogen and oxygen atoms in total. The normalized spacial score (nSPS) is 11.0. The Balaban J connectivity index is 2.22. The van der Waals surface area contributed by atoms with Gasteiger partial charge in [0, 0.05) is 24.0 Å². The second-order valence-electron chi connectivity index (χ2n) is 5.93. The van der Waals surface area contributed by atoms with Gasteiger partial charge in [-0.3, -0.25) is 14.9 Å². The zero-order valence-corrected chi connectivity index (χ0v) is 15.4. The first-order valence-electron chi connectivity index (χ1n) is 8.04. The van der Waals surface area contributed by atoms with Crippen LogP contribution in [0.4, 0.5) is 17.1 Å². The highest BCUT2D eigenvalue weighted by molar-refractivity contribution is 6.33. The van der Waals surface area contributed by atoms with E-state index in [0.29, 0.717) is 5.69 Å². The van der Waals surface area contributed by atoms with Crippen molar-refractivity contribution in [2.45, 2.75) is 19.8 Å². The number of anilines is 2. The van der Waals surface area contributed by atoms with Gasteiger partial charge in [0.2, 0.25) is 0 Å². The molecule has 0 heterocycles. The molecule has 0 saturated heterocycles. The van der Waals surface area contributed by atoms with Crippen molar-refractivity contribution in [3.63, 3.8) is 0 Å². The van der Waals surface area contributed by atoms with Crippen LogP contribution in [0, 0.1) is 21.4 Å². The summed E-state index contributed by atoms with van der Waals surface area (Å²) in [5, 5.41) is 25.8. The number of amides is 1. The molecule has 0 unspecified atom stereocenters. The first-order valence-corrected chi connectivity index (χ1v) is 8.42. The van der Waals surface area contributed by atoms with Gasteiger partial charge in [-0.15, -0.1) is 0 Å². The molecule has 2 aromatic rings. The van der Waals surface area contributed by atoms with E-state index in [1.165, 1.54) is 18.2 Å². The molecule has 0 spiro atoms. The highest BCUT2D eigenvalue weighted by Crippen LogP contribution is 2.27. The smallest absolute Gasteiger partial charge is 0.271 e. The van der Waals surface area contributed by atoms with Crippen LogP contribution in [0.15, 0.2) is 54.2 Å². The molecule has 138 valence electrons. The second kappa shape index (κ2) is 8.83. The Kier molecular flexibility index (Phi) is 6.52. The standard InChI is InChI=1S/C19H17ClN4O3/c1-12(2)15-5-3-4-6-17(15)23-19(25)13(10-21)11-22-18-9-14(24(26)27)7-8-16(18)20/h3-9,11-12,22H,1-2H3,(H,23,25)/b13-11-. The fourth-order valence-electron chi connectivity index (χ4n) is 2.34. The molecule has 0 radical (unpaired) electrons. The van der Waals surface area contributed by atoms with Gasteiger partial charge in [0.1, 0.15) is 11.6 Å². The average molecular weight is 385 g/mol. The largest absolute Gasteiger partial charge is 0.359 e. The van der Waals surface area contributed by atoms with E-state index in [9.17, 15) is 20.2 Å². The number of rotatable bonds is 6. The Morgan fingerprint density at radius 2 is 1.96 bits per heavy atom. The van der Waals surface area contributed by atoms with E-state index in [4.69, 9.17) is 11.6 Å². The van der Waals surface area contributed by atoms with Crippen LogP contribution in [0.5, 0.6) is 0 Å². The molecule has 0 fully saturated rings. The summed E-state index contributed by atoms with van der Waals surface area (Å²) in [4.78, 5) is 22.7. The van der Waals surface area contributed by atoms with Crippen molar-refractivity contribution >= 4 is 34.6 Å². The van der Waals surface area contributed by atoms with Crippen LogP contribution in [0.3, 0.4) is 0 Å². The Bertz CT molecular complexity index is 948. The van der Waals surface area contributed by atoms with E-state index < -0.39 is 10.8 Å². The maximum atomic E-state index is 12.4. The number of nitriles is 1. The summed E-state index contributed by atoms with van der Waals surface area (Å²) in [7, 11) is 0. The van der Waals surface area contributed by atoms with Gasteiger partial charge in [-0.25, -0.2) is 0 Å². The van der Waals surface area contributed by atoms with Crippen LogP contribution < -0.4 is 10.6 Å². The maximum absolute atomic E-state index is 12.4. The number of hydrogen-bond donors (Lipinski definition) is 2. The van der Waals surface area contributed by atoms with Crippen molar-refractivity contribution in [1.29, 1.82) is 5.26 Å². The number of non-ortho nitro benzene ring substituents is 1. The predicted molar refractivity (Wildman–Crippen MR) is 105 cm³/mol. The lowest BCUT2D eigenvalue weighted by Gasteiger charge is -2.13. The third kappa shape index (κ3) is 5.06. The number of hydrogen-bond acceptors (Lipinski definition) is 5. The molecule has 8 heteroatoms. The number of nitrogens with zero attached hydrogens (tertiary/aromatic N) is 2. The Hall–Kier alpha value is -3.37. The molecule has 0 saturated carbocycles. The number of benzene rings is 2. The van der Waals surface area contributed by atoms with Crippen molar-refractivity contribution in [3.8, 4) is 6.07 Å². The minimum atomic E-state index is -0.598. The summed E-state index contributed by atoms with van der Waals surface area (Å²) >= 11 is 5.99. The van der Waals surface area contributed by atoms with Crippen molar-refractivity contribution in [2.75, 3.05) is 10.6 Å². The molecule has 0 bridgehead atoms.